The van der Waals surface area contributed by atoms with Crippen LogP contribution >= 0.6 is 23.1 Å². The summed E-state index contributed by atoms with van der Waals surface area (Å²) in [7, 11) is 0. The predicted molar refractivity (Wildman–Crippen MR) is 129 cm³/mol. The van der Waals surface area contributed by atoms with Crippen molar-refractivity contribution in [2.45, 2.75) is 17.0 Å². The second kappa shape index (κ2) is 8.88. The fraction of sp³-hybridized carbons (Fsp3) is 0.250. The normalized spacial score (nSPS) is 14.3. The van der Waals surface area contributed by atoms with Crippen molar-refractivity contribution in [1.82, 2.24) is 9.88 Å². The molecule has 0 unspecified atom stereocenters. The Kier molecular flexibility index (Phi) is 5.80. The zero-order valence-electron chi connectivity index (χ0n) is 17.7. The molecule has 1 saturated heterocycles. The summed E-state index contributed by atoms with van der Waals surface area (Å²) in [5.74, 6) is 1.25. The molecule has 2 aromatic heterocycles. The topological polar surface area (TPSA) is 69.8 Å². The molecule has 1 amide bonds. The van der Waals surface area contributed by atoms with Gasteiger partial charge in [-0.05, 0) is 25.1 Å². The molecule has 0 spiro atoms. The van der Waals surface area contributed by atoms with Gasteiger partial charge < -0.3 is 19.3 Å². The summed E-state index contributed by atoms with van der Waals surface area (Å²) in [6.07, 6.45) is 0. The molecule has 0 radical (unpaired) electrons. The maximum absolute atomic E-state index is 13.5. The first-order chi connectivity index (χ1) is 15.6. The van der Waals surface area contributed by atoms with Crippen molar-refractivity contribution in [2.24, 2.45) is 0 Å². The van der Waals surface area contributed by atoms with Crippen molar-refractivity contribution in [1.29, 1.82) is 0 Å². The number of thioether (sulfide) groups is 1. The Morgan fingerprint density at radius 1 is 1.16 bits per heavy atom. The number of nitrogens with zero attached hydrogens (tertiary/aromatic N) is 3. The molecule has 164 valence electrons. The number of para-hydroxylation sites is 1. The van der Waals surface area contributed by atoms with E-state index in [1.165, 1.54) is 0 Å². The van der Waals surface area contributed by atoms with E-state index in [2.05, 4.69) is 9.88 Å². The summed E-state index contributed by atoms with van der Waals surface area (Å²) in [5.41, 5.74) is 3.64. The molecule has 1 N–H and O–H groups in total. The minimum Gasteiger partial charge on any atom is -0.508 e. The van der Waals surface area contributed by atoms with Crippen molar-refractivity contribution >= 4 is 45.7 Å². The number of carbonyl (C=O) groups excluding carboxylic acids is 1. The van der Waals surface area contributed by atoms with Crippen molar-refractivity contribution < 1.29 is 14.3 Å². The molecular formula is C24H23N3O3S2. The first kappa shape index (κ1) is 20.9. The Balaban J connectivity index is 1.35. The minimum absolute atomic E-state index is 0.0670. The van der Waals surface area contributed by atoms with Gasteiger partial charge in [-0.3, -0.25) is 4.79 Å². The molecule has 0 bridgehead atoms. The average molecular weight is 466 g/mol. The number of piperazine rings is 1. The smallest absolute Gasteiger partial charge is 0.290 e. The predicted octanol–water partition coefficient (Wildman–Crippen LogP) is 5.16. The number of amides is 1. The van der Waals surface area contributed by atoms with Crippen LogP contribution in [0.1, 0.15) is 21.8 Å². The third kappa shape index (κ3) is 4.20. The van der Waals surface area contributed by atoms with Gasteiger partial charge in [0.25, 0.3) is 5.91 Å². The van der Waals surface area contributed by atoms with Crippen LogP contribution < -0.4 is 4.90 Å². The first-order valence-electron chi connectivity index (χ1n) is 10.5. The van der Waals surface area contributed by atoms with Crippen molar-refractivity contribution in [2.75, 3.05) is 31.1 Å². The first-order valence-corrected chi connectivity index (χ1v) is 12.3. The minimum atomic E-state index is -0.0670. The van der Waals surface area contributed by atoms with Gasteiger partial charge in [0, 0.05) is 65.7 Å². The lowest BCUT2D eigenvalue weighted by molar-refractivity contribution is 0.0716. The number of phenols is 1. The molecule has 32 heavy (non-hydrogen) atoms. The lowest BCUT2D eigenvalue weighted by atomic mass is 10.1. The molecule has 6 nitrogen and oxygen atoms in total. The number of aromatic hydroxyl groups is 1. The highest BCUT2D eigenvalue weighted by Gasteiger charge is 2.28. The highest BCUT2D eigenvalue weighted by atomic mass is 32.2. The second-order valence-electron chi connectivity index (χ2n) is 7.75. The molecule has 2 aromatic carbocycles. The van der Waals surface area contributed by atoms with Crippen LogP contribution in [-0.4, -0.2) is 47.1 Å². The summed E-state index contributed by atoms with van der Waals surface area (Å²) in [4.78, 5) is 22.0. The van der Waals surface area contributed by atoms with E-state index in [0.717, 1.165) is 32.3 Å². The summed E-state index contributed by atoms with van der Waals surface area (Å²) >= 11 is 3.26. The molecule has 1 aliphatic rings. The molecule has 3 heterocycles. The summed E-state index contributed by atoms with van der Waals surface area (Å²) in [5, 5.41) is 12.8. The number of thiazole rings is 1. The number of aromatic nitrogens is 1. The Morgan fingerprint density at radius 2 is 1.97 bits per heavy atom. The van der Waals surface area contributed by atoms with E-state index in [0.29, 0.717) is 37.7 Å². The van der Waals surface area contributed by atoms with Gasteiger partial charge >= 0.3 is 0 Å². The molecular weight excluding hydrogens is 442 g/mol. The fourth-order valence-corrected chi connectivity index (χ4v) is 5.83. The Morgan fingerprint density at radius 3 is 2.72 bits per heavy atom. The lowest BCUT2D eigenvalue weighted by Crippen LogP contribution is -2.48. The molecule has 1 fully saturated rings. The van der Waals surface area contributed by atoms with Crippen LogP contribution in [-0.2, 0) is 5.75 Å². The SMILES string of the molecule is Cc1csc(SCc2c(C(=O)N3CCN(c4cccc(O)c4)CC3)oc3ccccc23)n1. The van der Waals surface area contributed by atoms with Gasteiger partial charge in [-0.25, -0.2) is 4.98 Å². The average Bonchev–Trinajstić information content (AvgIpc) is 3.40. The second-order valence-corrected chi connectivity index (χ2v) is 9.83. The van der Waals surface area contributed by atoms with Crippen LogP contribution in [0.2, 0.25) is 0 Å². The standard InChI is InChI=1S/C24H23N3O3S2/c1-16-14-31-24(25-16)32-15-20-19-7-2-3-8-21(19)30-22(20)23(29)27-11-9-26(10-12-27)17-5-4-6-18(28)13-17/h2-8,13-14,28H,9-12,15H2,1H3. The highest BCUT2D eigenvalue weighted by molar-refractivity contribution is 8.00. The molecule has 0 saturated carbocycles. The number of hydrogen-bond donors (Lipinski definition) is 1. The van der Waals surface area contributed by atoms with E-state index < -0.39 is 0 Å². The Hall–Kier alpha value is -2.97. The van der Waals surface area contributed by atoms with E-state index in [1.54, 1.807) is 35.2 Å². The van der Waals surface area contributed by atoms with E-state index in [1.807, 2.05) is 53.6 Å². The largest absolute Gasteiger partial charge is 0.508 e. The number of carbonyl (C=O) groups is 1. The molecule has 5 rings (SSSR count). The van der Waals surface area contributed by atoms with Crippen LogP contribution in [0, 0.1) is 6.92 Å². The summed E-state index contributed by atoms with van der Waals surface area (Å²) in [6.45, 7) is 4.60. The zero-order chi connectivity index (χ0) is 22.1. The number of aryl methyl sites for hydroxylation is 1. The maximum atomic E-state index is 13.5. The van der Waals surface area contributed by atoms with Crippen LogP contribution in [0.15, 0.2) is 62.7 Å². The monoisotopic (exact) mass is 465 g/mol. The Labute approximate surface area is 194 Å². The van der Waals surface area contributed by atoms with Crippen LogP contribution in [0.3, 0.4) is 0 Å². The van der Waals surface area contributed by atoms with Gasteiger partial charge in [-0.2, -0.15) is 0 Å². The fourth-order valence-electron chi connectivity index (χ4n) is 3.95. The quantitative estimate of drug-likeness (QED) is 0.411. The Bertz CT molecular complexity index is 1260. The van der Waals surface area contributed by atoms with Gasteiger partial charge in [0.05, 0.1) is 0 Å². The number of benzene rings is 2. The molecule has 0 atom stereocenters. The number of anilines is 1. The number of rotatable bonds is 5. The highest BCUT2D eigenvalue weighted by Crippen LogP contribution is 2.34. The van der Waals surface area contributed by atoms with Crippen molar-refractivity contribution in [3.63, 3.8) is 0 Å². The number of fused-ring (bicyclic) bond motifs is 1. The maximum Gasteiger partial charge on any atom is 0.290 e. The van der Waals surface area contributed by atoms with Crippen molar-refractivity contribution in [3.05, 3.63) is 70.9 Å². The van der Waals surface area contributed by atoms with E-state index in [4.69, 9.17) is 4.42 Å². The van der Waals surface area contributed by atoms with Gasteiger partial charge in [0.2, 0.25) is 0 Å². The van der Waals surface area contributed by atoms with Gasteiger partial charge in [-0.15, -0.1) is 11.3 Å². The molecule has 0 aliphatic carbocycles. The van der Waals surface area contributed by atoms with E-state index in [9.17, 15) is 9.90 Å². The lowest BCUT2D eigenvalue weighted by Gasteiger charge is -2.35. The summed E-state index contributed by atoms with van der Waals surface area (Å²) in [6, 6.07) is 15.1. The van der Waals surface area contributed by atoms with E-state index >= 15 is 0 Å². The van der Waals surface area contributed by atoms with Crippen molar-refractivity contribution in [3.8, 4) is 5.75 Å². The number of phenolic OH excluding ortho intramolecular Hbond substituents is 1. The van der Waals surface area contributed by atoms with Crippen LogP contribution in [0.25, 0.3) is 11.0 Å². The number of hydrogen-bond acceptors (Lipinski definition) is 7. The van der Waals surface area contributed by atoms with Gasteiger partial charge in [-0.1, -0.05) is 36.0 Å². The van der Waals surface area contributed by atoms with Crippen LogP contribution in [0.5, 0.6) is 5.75 Å². The third-order valence-corrected chi connectivity index (χ3v) is 7.76. The summed E-state index contributed by atoms with van der Waals surface area (Å²) < 4.78 is 7.06. The molecule has 8 heteroatoms. The van der Waals surface area contributed by atoms with Gasteiger partial charge in [0.1, 0.15) is 15.7 Å². The molecule has 4 aromatic rings. The van der Waals surface area contributed by atoms with E-state index in [-0.39, 0.29) is 11.7 Å². The number of furan rings is 1. The third-order valence-electron chi connectivity index (χ3n) is 5.59. The zero-order valence-corrected chi connectivity index (χ0v) is 19.3. The van der Waals surface area contributed by atoms with Gasteiger partial charge in [0.15, 0.2) is 5.76 Å². The van der Waals surface area contributed by atoms with Crippen LogP contribution in [0.4, 0.5) is 5.69 Å². The molecule has 1 aliphatic heterocycles.